The number of carbonyl (C=O) groups is 2. The first kappa shape index (κ1) is 16.6. The van der Waals surface area contributed by atoms with Gasteiger partial charge in [-0.3, -0.25) is 9.69 Å². The van der Waals surface area contributed by atoms with Gasteiger partial charge in [-0.1, -0.05) is 30.3 Å². The van der Waals surface area contributed by atoms with Gasteiger partial charge in [-0.2, -0.15) is 5.26 Å². The van der Waals surface area contributed by atoms with Crippen molar-refractivity contribution in [2.24, 2.45) is 5.92 Å². The van der Waals surface area contributed by atoms with Gasteiger partial charge < -0.3 is 9.47 Å². The quantitative estimate of drug-likeness (QED) is 0.801. The molecule has 6 heteroatoms. The predicted octanol–water partition coefficient (Wildman–Crippen LogP) is 2.44. The molecular formula is C17H18N2O4. The Kier molecular flexibility index (Phi) is 5.36. The number of esters is 1. The van der Waals surface area contributed by atoms with Gasteiger partial charge in [-0.05, 0) is 18.6 Å². The second-order valence-electron chi connectivity index (χ2n) is 5.04. The molecule has 6 nitrogen and oxygen atoms in total. The monoisotopic (exact) mass is 314 g/mol. The standard InChI is InChI=1S/C17H18N2O4/c1-3-23-17(21)19-11-15(16(20)22-2)14(9-13(19)10-18)12-7-5-4-6-8-12/h4-9,14-15H,3,11H2,1-2H3/t14-,15-/m0/s1. The fraction of sp³-hybridized carbons (Fsp3) is 0.353. The van der Waals surface area contributed by atoms with Crippen LogP contribution < -0.4 is 0 Å². The number of hydrogen-bond donors (Lipinski definition) is 0. The number of hydrogen-bond acceptors (Lipinski definition) is 5. The summed E-state index contributed by atoms with van der Waals surface area (Å²) < 4.78 is 9.83. The minimum Gasteiger partial charge on any atom is -0.469 e. The molecule has 1 aliphatic rings. The molecule has 1 amide bonds. The van der Waals surface area contributed by atoms with E-state index in [9.17, 15) is 14.9 Å². The Morgan fingerprint density at radius 1 is 1.35 bits per heavy atom. The van der Waals surface area contributed by atoms with E-state index in [2.05, 4.69) is 0 Å². The largest absolute Gasteiger partial charge is 0.469 e. The highest BCUT2D eigenvalue weighted by molar-refractivity contribution is 5.78. The van der Waals surface area contributed by atoms with Gasteiger partial charge in [-0.15, -0.1) is 0 Å². The molecule has 0 saturated carbocycles. The molecule has 1 aromatic rings. The highest BCUT2D eigenvalue weighted by atomic mass is 16.6. The third-order valence-corrected chi connectivity index (χ3v) is 3.73. The van der Waals surface area contributed by atoms with Crippen LogP contribution in [0.3, 0.4) is 0 Å². The summed E-state index contributed by atoms with van der Waals surface area (Å²) in [6.45, 7) is 1.92. The van der Waals surface area contributed by atoms with E-state index < -0.39 is 18.0 Å². The maximum Gasteiger partial charge on any atom is 0.414 e. The first-order valence-electron chi connectivity index (χ1n) is 7.31. The number of rotatable bonds is 3. The van der Waals surface area contributed by atoms with Gasteiger partial charge in [-0.25, -0.2) is 4.79 Å². The van der Waals surface area contributed by atoms with Crippen molar-refractivity contribution in [1.82, 2.24) is 4.90 Å². The first-order valence-corrected chi connectivity index (χ1v) is 7.31. The zero-order valence-corrected chi connectivity index (χ0v) is 13.1. The van der Waals surface area contributed by atoms with E-state index in [1.165, 1.54) is 12.0 Å². The lowest BCUT2D eigenvalue weighted by Crippen LogP contribution is -2.43. The number of benzene rings is 1. The molecular weight excluding hydrogens is 296 g/mol. The van der Waals surface area contributed by atoms with Crippen LogP contribution in [-0.4, -0.2) is 37.2 Å². The lowest BCUT2D eigenvalue weighted by molar-refractivity contribution is -0.146. The van der Waals surface area contributed by atoms with Gasteiger partial charge in [0.15, 0.2) is 0 Å². The van der Waals surface area contributed by atoms with Crippen LogP contribution >= 0.6 is 0 Å². The SMILES string of the molecule is CCOC(=O)N1C[C@H](C(=O)OC)[C@H](c2ccccc2)C=C1C#N. The Labute approximate surface area is 134 Å². The molecule has 0 N–H and O–H groups in total. The predicted molar refractivity (Wildman–Crippen MR) is 82.1 cm³/mol. The number of nitriles is 1. The number of allylic oxidation sites excluding steroid dienone is 2. The van der Waals surface area contributed by atoms with E-state index in [1.807, 2.05) is 36.4 Å². The number of carbonyl (C=O) groups excluding carboxylic acids is 2. The summed E-state index contributed by atoms with van der Waals surface area (Å²) >= 11 is 0. The Bertz CT molecular complexity index is 648. The van der Waals surface area contributed by atoms with Crippen molar-refractivity contribution in [2.45, 2.75) is 12.8 Å². The van der Waals surface area contributed by atoms with E-state index in [-0.39, 0.29) is 24.8 Å². The van der Waals surface area contributed by atoms with Gasteiger partial charge in [0.1, 0.15) is 11.8 Å². The average Bonchev–Trinajstić information content (AvgIpc) is 2.60. The zero-order valence-electron chi connectivity index (χ0n) is 13.1. The third-order valence-electron chi connectivity index (χ3n) is 3.73. The third kappa shape index (κ3) is 3.51. The molecule has 23 heavy (non-hydrogen) atoms. The topological polar surface area (TPSA) is 79.6 Å². The Hall–Kier alpha value is -2.81. The molecule has 0 saturated heterocycles. The van der Waals surface area contributed by atoms with Gasteiger partial charge in [0.25, 0.3) is 0 Å². The number of methoxy groups -OCH3 is 1. The molecule has 0 radical (unpaired) electrons. The summed E-state index contributed by atoms with van der Waals surface area (Å²) in [6.07, 6.45) is 0.984. The first-order chi connectivity index (χ1) is 11.1. The van der Waals surface area contributed by atoms with Crippen molar-refractivity contribution in [3.8, 4) is 6.07 Å². The molecule has 120 valence electrons. The molecule has 1 aliphatic heterocycles. The smallest absolute Gasteiger partial charge is 0.414 e. The molecule has 0 spiro atoms. The molecule has 2 rings (SSSR count). The fourth-order valence-electron chi connectivity index (χ4n) is 2.63. The van der Waals surface area contributed by atoms with Crippen LogP contribution in [0, 0.1) is 17.2 Å². The van der Waals surface area contributed by atoms with Crippen molar-refractivity contribution < 1.29 is 19.1 Å². The highest BCUT2D eigenvalue weighted by Gasteiger charge is 2.38. The number of amides is 1. The van der Waals surface area contributed by atoms with E-state index >= 15 is 0 Å². The summed E-state index contributed by atoms with van der Waals surface area (Å²) in [5, 5.41) is 9.34. The van der Waals surface area contributed by atoms with E-state index in [0.29, 0.717) is 0 Å². The van der Waals surface area contributed by atoms with Gasteiger partial charge in [0, 0.05) is 12.5 Å². The minimum atomic E-state index is -0.638. The highest BCUT2D eigenvalue weighted by Crippen LogP contribution is 2.34. The average molecular weight is 314 g/mol. The normalized spacial score (nSPS) is 20.2. The molecule has 0 unspecified atom stereocenters. The van der Waals surface area contributed by atoms with Gasteiger partial charge in [0.05, 0.1) is 19.6 Å². The summed E-state index contributed by atoms with van der Waals surface area (Å²) in [5.41, 5.74) is 1.07. The minimum absolute atomic E-state index is 0.0461. The molecule has 1 heterocycles. The molecule has 0 aromatic heterocycles. The van der Waals surface area contributed by atoms with Gasteiger partial charge in [0.2, 0.25) is 0 Å². The van der Waals surface area contributed by atoms with Crippen LogP contribution in [-0.2, 0) is 14.3 Å². The Balaban J connectivity index is 2.43. The molecule has 1 aromatic carbocycles. The fourth-order valence-corrected chi connectivity index (χ4v) is 2.63. The Morgan fingerprint density at radius 3 is 2.61 bits per heavy atom. The van der Waals surface area contributed by atoms with Crippen LogP contribution in [0.5, 0.6) is 0 Å². The van der Waals surface area contributed by atoms with Crippen LogP contribution in [0.15, 0.2) is 42.1 Å². The Morgan fingerprint density at radius 2 is 2.04 bits per heavy atom. The van der Waals surface area contributed by atoms with Crippen LogP contribution in [0.1, 0.15) is 18.4 Å². The summed E-state index contributed by atoms with van der Waals surface area (Å²) in [4.78, 5) is 25.4. The van der Waals surface area contributed by atoms with Crippen molar-refractivity contribution >= 4 is 12.1 Å². The summed E-state index contributed by atoms with van der Waals surface area (Å²) in [6, 6.07) is 11.4. The molecule has 2 atom stereocenters. The van der Waals surface area contributed by atoms with E-state index in [0.717, 1.165) is 5.56 Å². The van der Waals surface area contributed by atoms with Crippen molar-refractivity contribution in [1.29, 1.82) is 5.26 Å². The summed E-state index contributed by atoms with van der Waals surface area (Å²) in [7, 11) is 1.31. The zero-order chi connectivity index (χ0) is 16.8. The van der Waals surface area contributed by atoms with Gasteiger partial charge >= 0.3 is 12.1 Å². The van der Waals surface area contributed by atoms with Crippen molar-refractivity contribution in [3.05, 3.63) is 47.7 Å². The number of nitrogens with zero attached hydrogens (tertiary/aromatic N) is 2. The van der Waals surface area contributed by atoms with Crippen molar-refractivity contribution in [3.63, 3.8) is 0 Å². The molecule has 0 fully saturated rings. The van der Waals surface area contributed by atoms with Crippen molar-refractivity contribution in [2.75, 3.05) is 20.3 Å². The summed E-state index contributed by atoms with van der Waals surface area (Å²) in [5.74, 6) is -1.35. The van der Waals surface area contributed by atoms with Crippen LogP contribution in [0.25, 0.3) is 0 Å². The van der Waals surface area contributed by atoms with Crippen LogP contribution in [0.2, 0.25) is 0 Å². The second kappa shape index (κ2) is 7.45. The van der Waals surface area contributed by atoms with E-state index in [1.54, 1.807) is 13.0 Å². The second-order valence-corrected chi connectivity index (χ2v) is 5.04. The lowest BCUT2D eigenvalue weighted by Gasteiger charge is -2.33. The molecule has 0 aliphatic carbocycles. The maximum absolute atomic E-state index is 12.2. The molecule has 0 bridgehead atoms. The van der Waals surface area contributed by atoms with E-state index in [4.69, 9.17) is 9.47 Å². The maximum atomic E-state index is 12.2. The number of ether oxygens (including phenoxy) is 2. The van der Waals surface area contributed by atoms with Crippen LogP contribution in [0.4, 0.5) is 4.79 Å². The lowest BCUT2D eigenvalue weighted by atomic mass is 9.82.